The van der Waals surface area contributed by atoms with E-state index in [1.54, 1.807) is 0 Å². The molecule has 1 aliphatic carbocycles. The molecule has 1 heteroatoms. The molecule has 0 amide bonds. The van der Waals surface area contributed by atoms with Crippen LogP contribution < -0.4 is 4.90 Å². The average Bonchev–Trinajstić information content (AvgIpc) is 3.47. The maximum Gasteiger partial charge on any atom is 0.0546 e. The van der Waals surface area contributed by atoms with Crippen molar-refractivity contribution in [3.05, 3.63) is 211 Å². The summed E-state index contributed by atoms with van der Waals surface area (Å²) in [6.07, 6.45) is 0. The zero-order chi connectivity index (χ0) is 36.2. The van der Waals surface area contributed by atoms with Crippen LogP contribution in [0.1, 0.15) is 25.0 Å². The molecule has 9 aromatic rings. The van der Waals surface area contributed by atoms with Crippen molar-refractivity contribution in [2.75, 3.05) is 4.90 Å². The molecule has 0 aliphatic heterocycles. The van der Waals surface area contributed by atoms with Gasteiger partial charge in [-0.05, 0) is 114 Å². The van der Waals surface area contributed by atoms with E-state index in [-0.39, 0.29) is 5.41 Å². The lowest BCUT2D eigenvalue weighted by molar-refractivity contribution is 0.661. The van der Waals surface area contributed by atoms with Gasteiger partial charge < -0.3 is 4.90 Å². The number of hydrogen-bond donors (Lipinski definition) is 0. The Morgan fingerprint density at radius 1 is 0.352 bits per heavy atom. The van der Waals surface area contributed by atoms with Gasteiger partial charge >= 0.3 is 0 Å². The van der Waals surface area contributed by atoms with Crippen LogP contribution in [0.15, 0.2) is 200 Å². The van der Waals surface area contributed by atoms with E-state index in [4.69, 9.17) is 0 Å². The summed E-state index contributed by atoms with van der Waals surface area (Å²) in [5.74, 6) is 0. The van der Waals surface area contributed by atoms with Gasteiger partial charge in [-0.25, -0.2) is 0 Å². The zero-order valence-corrected chi connectivity index (χ0v) is 30.5. The minimum absolute atomic E-state index is 0.152. The summed E-state index contributed by atoms with van der Waals surface area (Å²) in [5.41, 5.74) is 16.1. The molecule has 0 unspecified atom stereocenters. The maximum atomic E-state index is 2.48. The predicted molar refractivity (Wildman–Crippen MR) is 230 cm³/mol. The maximum absolute atomic E-state index is 2.48. The first-order valence-corrected chi connectivity index (χ1v) is 18.9. The van der Waals surface area contributed by atoms with Gasteiger partial charge in [0.05, 0.1) is 5.69 Å². The largest absolute Gasteiger partial charge is 0.310 e. The molecule has 0 N–H and O–H groups in total. The molecule has 0 atom stereocenters. The standard InChI is InChI=1S/C53H39N/c1-53(2)49-28-16-27-43(36-17-6-3-7-18-36)52(49)48-34-46(37-19-8-4-9-20-37)47(35-50(48)53)38-29-31-41(32-30-38)54(40-22-10-5-11-23-40)51-33-39-21-12-13-24-42(39)44-25-14-15-26-45(44)51/h3-35H,1-2H3. The summed E-state index contributed by atoms with van der Waals surface area (Å²) in [5, 5.41) is 4.98. The monoisotopic (exact) mass is 689 g/mol. The SMILES string of the molecule is CC1(C)c2cc(-c3ccc(N(c4ccccc4)c4cc5ccccc5c5ccccc45)cc3)c(-c3ccccc3)cc2-c2c(-c3ccccc3)cccc21. The summed E-state index contributed by atoms with van der Waals surface area (Å²) in [7, 11) is 0. The molecule has 256 valence electrons. The van der Waals surface area contributed by atoms with Crippen LogP contribution in [-0.4, -0.2) is 0 Å². The van der Waals surface area contributed by atoms with Gasteiger partial charge in [0.15, 0.2) is 0 Å². The second-order valence-corrected chi connectivity index (χ2v) is 14.9. The molecule has 0 saturated heterocycles. The van der Waals surface area contributed by atoms with Crippen LogP contribution >= 0.6 is 0 Å². The second kappa shape index (κ2) is 12.8. The van der Waals surface area contributed by atoms with Crippen molar-refractivity contribution >= 4 is 38.6 Å². The van der Waals surface area contributed by atoms with Gasteiger partial charge in [-0.2, -0.15) is 0 Å². The quantitative estimate of drug-likeness (QED) is 0.157. The Hall–Kier alpha value is -6.70. The van der Waals surface area contributed by atoms with Crippen LogP contribution in [0.2, 0.25) is 0 Å². The van der Waals surface area contributed by atoms with E-state index in [1.165, 1.54) is 82.9 Å². The highest BCUT2D eigenvalue weighted by molar-refractivity contribution is 6.14. The molecule has 0 saturated carbocycles. The molecule has 0 aromatic heterocycles. The number of nitrogens with zero attached hydrogens (tertiary/aromatic N) is 1. The molecule has 1 nitrogen and oxygen atoms in total. The number of anilines is 3. The minimum atomic E-state index is -0.152. The number of benzene rings is 9. The average molecular weight is 690 g/mol. The number of fused-ring (bicyclic) bond motifs is 6. The van der Waals surface area contributed by atoms with E-state index in [9.17, 15) is 0 Å². The third-order valence-corrected chi connectivity index (χ3v) is 11.4. The predicted octanol–water partition coefficient (Wildman–Crippen LogP) is 14.8. The van der Waals surface area contributed by atoms with E-state index in [0.29, 0.717) is 0 Å². The van der Waals surface area contributed by atoms with Crippen LogP contribution in [-0.2, 0) is 5.41 Å². The third kappa shape index (κ3) is 5.16. The zero-order valence-electron chi connectivity index (χ0n) is 30.5. The lowest BCUT2D eigenvalue weighted by Crippen LogP contribution is -2.15. The third-order valence-electron chi connectivity index (χ3n) is 11.4. The van der Waals surface area contributed by atoms with E-state index < -0.39 is 0 Å². The highest BCUT2D eigenvalue weighted by Gasteiger charge is 2.38. The summed E-state index contributed by atoms with van der Waals surface area (Å²) in [6, 6.07) is 73.3. The fraction of sp³-hybridized carbons (Fsp3) is 0.0566. The smallest absolute Gasteiger partial charge is 0.0546 e. The van der Waals surface area contributed by atoms with E-state index in [0.717, 1.165) is 11.4 Å². The molecule has 1 aliphatic rings. The van der Waals surface area contributed by atoms with Crippen molar-refractivity contribution < 1.29 is 0 Å². The Morgan fingerprint density at radius 2 is 0.889 bits per heavy atom. The lowest BCUT2D eigenvalue weighted by Gasteiger charge is -2.28. The molecule has 0 bridgehead atoms. The van der Waals surface area contributed by atoms with E-state index >= 15 is 0 Å². The molecule has 9 aromatic carbocycles. The molecule has 10 rings (SSSR count). The number of rotatable bonds is 6. The number of hydrogen-bond acceptors (Lipinski definition) is 1. The van der Waals surface area contributed by atoms with Gasteiger partial charge in [0, 0.05) is 22.2 Å². The van der Waals surface area contributed by atoms with Gasteiger partial charge in [-0.15, -0.1) is 0 Å². The van der Waals surface area contributed by atoms with Gasteiger partial charge in [0.25, 0.3) is 0 Å². The van der Waals surface area contributed by atoms with Crippen LogP contribution in [0.25, 0.3) is 66.1 Å². The van der Waals surface area contributed by atoms with Crippen molar-refractivity contribution in [2.45, 2.75) is 19.3 Å². The molecule has 0 heterocycles. The molecule has 0 radical (unpaired) electrons. The lowest BCUT2D eigenvalue weighted by atomic mass is 9.80. The topological polar surface area (TPSA) is 3.24 Å². The van der Waals surface area contributed by atoms with Crippen molar-refractivity contribution in [1.29, 1.82) is 0 Å². The number of para-hydroxylation sites is 1. The van der Waals surface area contributed by atoms with Crippen LogP contribution in [0.3, 0.4) is 0 Å². The van der Waals surface area contributed by atoms with Crippen molar-refractivity contribution in [1.82, 2.24) is 0 Å². The highest BCUT2D eigenvalue weighted by Crippen LogP contribution is 2.55. The Bertz CT molecular complexity index is 2820. The van der Waals surface area contributed by atoms with Crippen molar-refractivity contribution in [2.24, 2.45) is 0 Å². The molecule has 0 fully saturated rings. The Kier molecular flexibility index (Phi) is 7.56. The van der Waals surface area contributed by atoms with Gasteiger partial charge in [-0.1, -0.05) is 172 Å². The van der Waals surface area contributed by atoms with Gasteiger partial charge in [-0.3, -0.25) is 0 Å². The Balaban J connectivity index is 1.16. The first-order chi connectivity index (χ1) is 26.6. The summed E-state index contributed by atoms with van der Waals surface area (Å²) < 4.78 is 0. The summed E-state index contributed by atoms with van der Waals surface area (Å²) in [4.78, 5) is 2.41. The Labute approximate surface area is 317 Å². The normalized spacial score (nSPS) is 12.8. The fourth-order valence-corrected chi connectivity index (χ4v) is 8.80. The second-order valence-electron chi connectivity index (χ2n) is 14.9. The highest BCUT2D eigenvalue weighted by atomic mass is 15.1. The van der Waals surface area contributed by atoms with Crippen molar-refractivity contribution in [3.63, 3.8) is 0 Å². The molecule has 54 heavy (non-hydrogen) atoms. The first-order valence-electron chi connectivity index (χ1n) is 18.9. The van der Waals surface area contributed by atoms with Gasteiger partial charge in [0.2, 0.25) is 0 Å². The van der Waals surface area contributed by atoms with Crippen LogP contribution in [0.4, 0.5) is 17.1 Å². The molecular weight excluding hydrogens is 651 g/mol. The Morgan fingerprint density at radius 3 is 1.59 bits per heavy atom. The van der Waals surface area contributed by atoms with Crippen LogP contribution in [0.5, 0.6) is 0 Å². The van der Waals surface area contributed by atoms with Gasteiger partial charge in [0.1, 0.15) is 0 Å². The summed E-state index contributed by atoms with van der Waals surface area (Å²) >= 11 is 0. The van der Waals surface area contributed by atoms with E-state index in [1.807, 2.05) is 0 Å². The first kappa shape index (κ1) is 32.0. The molecule has 0 spiro atoms. The van der Waals surface area contributed by atoms with Crippen molar-refractivity contribution in [3.8, 4) is 44.5 Å². The summed E-state index contributed by atoms with van der Waals surface area (Å²) in [6.45, 7) is 4.76. The minimum Gasteiger partial charge on any atom is -0.310 e. The van der Waals surface area contributed by atoms with E-state index in [2.05, 4.69) is 219 Å². The fourth-order valence-electron chi connectivity index (χ4n) is 8.80. The van der Waals surface area contributed by atoms with Crippen LogP contribution in [0, 0.1) is 0 Å². The molecular formula is C53H39N.